The first-order valence-corrected chi connectivity index (χ1v) is 11.9. The van der Waals surface area contributed by atoms with E-state index in [1.54, 1.807) is 26.8 Å². The summed E-state index contributed by atoms with van der Waals surface area (Å²) in [5.41, 5.74) is -4.47. The Morgan fingerprint density at radius 3 is 2.44 bits per heavy atom. The summed E-state index contributed by atoms with van der Waals surface area (Å²) in [6.07, 6.45) is 4.76. The van der Waals surface area contributed by atoms with Crippen LogP contribution in [0.4, 0.5) is 0 Å². The number of esters is 1. The number of carbonyl (C=O) groups is 2. The lowest BCUT2D eigenvalue weighted by atomic mass is 9.38. The Labute approximate surface area is 189 Å². The molecule has 32 heavy (non-hydrogen) atoms. The van der Waals surface area contributed by atoms with Gasteiger partial charge in [0.05, 0.1) is 17.1 Å². The fourth-order valence-corrected chi connectivity index (χ4v) is 8.37. The number of carboxylic acid groups (broad SMARTS) is 1. The van der Waals surface area contributed by atoms with Crippen LogP contribution in [0.15, 0.2) is 11.6 Å². The molecule has 0 unspecified atom stereocenters. The van der Waals surface area contributed by atoms with E-state index >= 15 is 0 Å². The molecule has 0 saturated heterocycles. The van der Waals surface area contributed by atoms with Crippen LogP contribution in [0.1, 0.15) is 79.1 Å². The van der Waals surface area contributed by atoms with Crippen LogP contribution in [0.5, 0.6) is 0 Å². The van der Waals surface area contributed by atoms with Crippen molar-refractivity contribution < 1.29 is 34.8 Å². The van der Waals surface area contributed by atoms with E-state index in [9.17, 15) is 30.0 Å². The zero-order valence-electron chi connectivity index (χ0n) is 19.7. The Kier molecular flexibility index (Phi) is 5.39. The molecular weight excluding hydrogens is 412 g/mol. The monoisotopic (exact) mass is 450 g/mol. The third-order valence-electron chi connectivity index (χ3n) is 10.3. The van der Waals surface area contributed by atoms with Crippen molar-refractivity contribution in [3.05, 3.63) is 11.6 Å². The Morgan fingerprint density at radius 2 is 1.81 bits per heavy atom. The number of ether oxygens (including phenoxy) is 1. The highest BCUT2D eigenvalue weighted by molar-refractivity contribution is 5.87. The third-order valence-corrected chi connectivity index (χ3v) is 10.3. The predicted octanol–water partition coefficient (Wildman–Crippen LogP) is 2.81. The third kappa shape index (κ3) is 2.90. The largest absolute Gasteiger partial charge is 0.481 e. The number of aliphatic hydroxyl groups is 3. The predicted molar refractivity (Wildman–Crippen MR) is 116 cm³/mol. The maximum absolute atomic E-state index is 12.4. The number of carbonyl (C=O) groups excluding carboxylic acids is 1. The normalized spacial score (nSPS) is 50.3. The molecule has 0 aromatic carbocycles. The number of allylic oxidation sites excluding steroid dienone is 1. The van der Waals surface area contributed by atoms with Gasteiger partial charge in [-0.2, -0.15) is 0 Å². The van der Waals surface area contributed by atoms with Gasteiger partial charge in [0.2, 0.25) is 0 Å². The van der Waals surface area contributed by atoms with Crippen LogP contribution in [0, 0.1) is 28.1 Å². The molecule has 0 amide bonds. The molecule has 4 aliphatic rings. The molecule has 0 radical (unpaired) electrons. The highest BCUT2D eigenvalue weighted by atomic mass is 16.5. The van der Waals surface area contributed by atoms with Crippen molar-refractivity contribution >= 4 is 11.9 Å². The Balaban J connectivity index is 1.69. The van der Waals surface area contributed by atoms with Gasteiger partial charge in [0.1, 0.15) is 12.2 Å². The molecule has 4 fully saturated rings. The molecule has 4 aliphatic carbocycles. The SMILES string of the molecule is C/C=C(\C)C(=O)OC[C@]1(O)C[C@@]23CC[C@@H]4[C@@](C)(C(=O)O)CCC[C@@]4(C)[C@]2(O)C[C@@H](O)[C@@H]1C3. The van der Waals surface area contributed by atoms with Gasteiger partial charge in [-0.25, -0.2) is 4.79 Å². The number of rotatable bonds is 4. The van der Waals surface area contributed by atoms with Crippen molar-refractivity contribution in [2.45, 2.75) is 96.4 Å². The van der Waals surface area contributed by atoms with E-state index in [1.165, 1.54) is 0 Å². The van der Waals surface area contributed by atoms with Gasteiger partial charge in [-0.3, -0.25) is 4.79 Å². The number of fused-ring (bicyclic) bond motifs is 3. The lowest BCUT2D eigenvalue weighted by molar-refractivity contribution is -0.273. The van der Waals surface area contributed by atoms with E-state index in [0.717, 1.165) is 0 Å². The number of aliphatic hydroxyl groups excluding tert-OH is 1. The quantitative estimate of drug-likeness (QED) is 0.383. The average Bonchev–Trinajstić information content (AvgIpc) is 3.00. The number of hydrogen-bond donors (Lipinski definition) is 4. The maximum atomic E-state index is 12.4. The van der Waals surface area contributed by atoms with Gasteiger partial charge in [0, 0.05) is 28.7 Å². The second-order valence-electron chi connectivity index (χ2n) is 11.6. The summed E-state index contributed by atoms with van der Waals surface area (Å²) < 4.78 is 5.42. The fraction of sp³-hybridized carbons (Fsp3) is 0.840. The van der Waals surface area contributed by atoms with Crippen LogP contribution in [0.2, 0.25) is 0 Å². The molecule has 180 valence electrons. The molecule has 1 spiro atoms. The second-order valence-corrected chi connectivity index (χ2v) is 11.6. The lowest BCUT2D eigenvalue weighted by Crippen LogP contribution is -2.70. The van der Waals surface area contributed by atoms with Crippen LogP contribution in [-0.4, -0.2) is 56.3 Å². The Hall–Kier alpha value is -1.44. The van der Waals surface area contributed by atoms with Gasteiger partial charge >= 0.3 is 11.9 Å². The molecule has 0 aromatic rings. The lowest BCUT2D eigenvalue weighted by Gasteiger charge is -2.68. The van der Waals surface area contributed by atoms with E-state index in [2.05, 4.69) is 0 Å². The smallest absolute Gasteiger partial charge is 0.333 e. The molecule has 7 heteroatoms. The number of carboxylic acids is 1. The summed E-state index contributed by atoms with van der Waals surface area (Å²) in [5.74, 6) is -2.01. The van der Waals surface area contributed by atoms with Crippen molar-refractivity contribution in [2.24, 2.45) is 28.1 Å². The Bertz CT molecular complexity index is 853. The minimum absolute atomic E-state index is 0.116. The average molecular weight is 451 g/mol. The van der Waals surface area contributed by atoms with Crippen LogP contribution in [0.3, 0.4) is 0 Å². The standard InChI is InChI=1S/C25H38O7/c1-5-15(2)19(27)32-14-24(30)13-23-10-7-18-21(3,20(28)29)8-6-9-22(18,4)25(23,31)12-17(26)16(24)11-23/h5,16-18,26,30-31H,6-14H2,1-4H3,(H,28,29)/b15-5+/t16-,17+,18+,21-,22+,23-,24+,25+/m0/s1. The summed E-state index contributed by atoms with van der Waals surface area (Å²) >= 11 is 0. The second kappa shape index (κ2) is 7.28. The molecule has 4 N–H and O–H groups in total. The summed E-state index contributed by atoms with van der Waals surface area (Å²) in [4.78, 5) is 24.5. The van der Waals surface area contributed by atoms with E-state index in [-0.39, 0.29) is 25.4 Å². The molecule has 8 atom stereocenters. The van der Waals surface area contributed by atoms with Crippen molar-refractivity contribution in [2.75, 3.05) is 6.61 Å². The summed E-state index contributed by atoms with van der Waals surface area (Å²) in [6.45, 7) is 6.97. The first-order valence-electron chi connectivity index (χ1n) is 11.9. The summed E-state index contributed by atoms with van der Waals surface area (Å²) in [7, 11) is 0. The highest BCUT2D eigenvalue weighted by Gasteiger charge is 2.76. The van der Waals surface area contributed by atoms with Gasteiger partial charge in [0.15, 0.2) is 0 Å². The van der Waals surface area contributed by atoms with E-state index in [1.807, 2.05) is 6.92 Å². The molecule has 7 nitrogen and oxygen atoms in total. The summed E-state index contributed by atoms with van der Waals surface area (Å²) in [6, 6.07) is 0. The molecule has 0 heterocycles. The molecule has 4 saturated carbocycles. The van der Waals surface area contributed by atoms with E-state index < -0.39 is 51.4 Å². The minimum atomic E-state index is -1.42. The van der Waals surface area contributed by atoms with Crippen molar-refractivity contribution in [1.82, 2.24) is 0 Å². The Morgan fingerprint density at radius 1 is 1.12 bits per heavy atom. The first-order chi connectivity index (χ1) is 14.8. The van der Waals surface area contributed by atoms with Gasteiger partial charge in [-0.05, 0) is 65.2 Å². The zero-order valence-corrected chi connectivity index (χ0v) is 19.7. The zero-order chi connectivity index (χ0) is 23.7. The molecule has 0 aromatic heterocycles. The van der Waals surface area contributed by atoms with Crippen molar-refractivity contribution in [1.29, 1.82) is 0 Å². The number of aliphatic carboxylic acids is 1. The molecule has 4 rings (SSSR count). The van der Waals surface area contributed by atoms with Crippen LogP contribution < -0.4 is 0 Å². The first kappa shape index (κ1) is 23.7. The van der Waals surface area contributed by atoms with Crippen LogP contribution >= 0.6 is 0 Å². The van der Waals surface area contributed by atoms with Gasteiger partial charge < -0.3 is 25.2 Å². The summed E-state index contributed by atoms with van der Waals surface area (Å²) in [5, 5.41) is 45.1. The van der Waals surface area contributed by atoms with Crippen LogP contribution in [-0.2, 0) is 14.3 Å². The topological polar surface area (TPSA) is 124 Å². The molecular formula is C25H38O7. The van der Waals surface area contributed by atoms with Crippen molar-refractivity contribution in [3.63, 3.8) is 0 Å². The maximum Gasteiger partial charge on any atom is 0.333 e. The van der Waals surface area contributed by atoms with Crippen molar-refractivity contribution in [3.8, 4) is 0 Å². The minimum Gasteiger partial charge on any atom is -0.481 e. The highest BCUT2D eigenvalue weighted by Crippen LogP contribution is 2.74. The van der Waals surface area contributed by atoms with E-state index in [4.69, 9.17) is 4.74 Å². The molecule has 0 aliphatic heterocycles. The van der Waals surface area contributed by atoms with Crippen LogP contribution in [0.25, 0.3) is 0 Å². The van der Waals surface area contributed by atoms with Gasteiger partial charge in [0.25, 0.3) is 0 Å². The number of hydrogen-bond acceptors (Lipinski definition) is 6. The van der Waals surface area contributed by atoms with Gasteiger partial charge in [-0.1, -0.05) is 19.4 Å². The fourth-order valence-electron chi connectivity index (χ4n) is 8.37. The van der Waals surface area contributed by atoms with Gasteiger partial charge in [-0.15, -0.1) is 0 Å². The van der Waals surface area contributed by atoms with E-state index in [0.29, 0.717) is 44.1 Å². The molecule has 2 bridgehead atoms.